The number of hydrogen-bond donors (Lipinski definition) is 0. The molecular formula is C31H25ClN4O2. The van der Waals surface area contributed by atoms with E-state index in [0.717, 1.165) is 39.5 Å². The number of carbonyl (C=O) groups excluding carboxylic acids is 1. The summed E-state index contributed by atoms with van der Waals surface area (Å²) in [4.78, 5) is 27.4. The Morgan fingerprint density at radius 1 is 0.868 bits per heavy atom. The largest absolute Gasteiger partial charge is 0.497 e. The SMILES string of the molecule is COc1ccc(C2C3N=C(c4ccccc4)c4cc(Cl)ccc4N(C)C3=NC(=O)N2c2ccccc2)cc1. The van der Waals surface area contributed by atoms with Gasteiger partial charge in [-0.25, -0.2) is 4.79 Å². The molecule has 2 aliphatic heterocycles. The van der Waals surface area contributed by atoms with Crippen LogP contribution in [0.4, 0.5) is 16.2 Å². The highest BCUT2D eigenvalue weighted by Gasteiger charge is 2.44. The fraction of sp³-hybridized carbons (Fsp3) is 0.129. The van der Waals surface area contributed by atoms with Crippen LogP contribution in [0, 0.1) is 0 Å². The molecule has 2 unspecified atom stereocenters. The Balaban J connectivity index is 1.63. The van der Waals surface area contributed by atoms with Crippen molar-refractivity contribution in [2.24, 2.45) is 9.98 Å². The molecule has 0 saturated carbocycles. The van der Waals surface area contributed by atoms with Crippen LogP contribution in [0.5, 0.6) is 5.75 Å². The number of amides is 2. The molecule has 0 spiro atoms. The van der Waals surface area contributed by atoms with Gasteiger partial charge in [-0.3, -0.25) is 9.89 Å². The van der Waals surface area contributed by atoms with Gasteiger partial charge < -0.3 is 9.64 Å². The number of nitrogens with zero attached hydrogens (tertiary/aromatic N) is 4. The van der Waals surface area contributed by atoms with Crippen molar-refractivity contribution in [2.45, 2.75) is 12.1 Å². The second-order valence-corrected chi connectivity index (χ2v) is 9.62. The highest BCUT2D eigenvalue weighted by Crippen LogP contribution is 2.40. The van der Waals surface area contributed by atoms with Crippen molar-refractivity contribution in [3.63, 3.8) is 0 Å². The Bertz CT molecular complexity index is 1550. The maximum absolute atomic E-state index is 13.7. The third-order valence-corrected chi connectivity index (χ3v) is 7.22. The Hall–Kier alpha value is -4.42. The zero-order chi connectivity index (χ0) is 26.2. The first-order chi connectivity index (χ1) is 18.5. The number of likely N-dealkylation sites (N-methyl/N-ethyl adjacent to an activating group) is 1. The van der Waals surface area contributed by atoms with E-state index in [-0.39, 0.29) is 6.03 Å². The zero-order valence-corrected chi connectivity index (χ0v) is 21.7. The molecule has 2 atom stereocenters. The second-order valence-electron chi connectivity index (χ2n) is 9.19. The predicted octanol–water partition coefficient (Wildman–Crippen LogP) is 6.78. The summed E-state index contributed by atoms with van der Waals surface area (Å²) in [7, 11) is 3.57. The lowest BCUT2D eigenvalue weighted by Crippen LogP contribution is -2.51. The van der Waals surface area contributed by atoms with Gasteiger partial charge in [0.15, 0.2) is 0 Å². The minimum atomic E-state index is -0.493. The molecule has 188 valence electrons. The molecular weight excluding hydrogens is 496 g/mol. The number of urea groups is 1. The Morgan fingerprint density at radius 3 is 2.24 bits per heavy atom. The molecule has 6 nitrogen and oxygen atoms in total. The molecule has 2 aliphatic rings. The molecule has 4 aromatic rings. The Labute approximate surface area is 226 Å². The Morgan fingerprint density at radius 2 is 1.55 bits per heavy atom. The molecule has 2 heterocycles. The molecule has 0 aromatic heterocycles. The molecule has 0 saturated heterocycles. The van der Waals surface area contributed by atoms with Crippen LogP contribution in [-0.2, 0) is 0 Å². The molecule has 0 radical (unpaired) electrons. The number of halogens is 1. The third-order valence-electron chi connectivity index (χ3n) is 6.98. The smallest absolute Gasteiger partial charge is 0.350 e. The van der Waals surface area contributed by atoms with Crippen LogP contribution >= 0.6 is 11.6 Å². The number of benzene rings is 4. The van der Waals surface area contributed by atoms with Crippen LogP contribution in [0.25, 0.3) is 0 Å². The van der Waals surface area contributed by atoms with Crippen molar-refractivity contribution in [3.05, 3.63) is 125 Å². The predicted molar refractivity (Wildman–Crippen MR) is 153 cm³/mol. The summed E-state index contributed by atoms with van der Waals surface area (Å²) >= 11 is 6.48. The second kappa shape index (κ2) is 9.80. The lowest BCUT2D eigenvalue weighted by Gasteiger charge is -2.40. The molecule has 38 heavy (non-hydrogen) atoms. The van der Waals surface area contributed by atoms with Crippen molar-refractivity contribution in [1.82, 2.24) is 0 Å². The van der Waals surface area contributed by atoms with Crippen LogP contribution in [0.1, 0.15) is 22.7 Å². The van der Waals surface area contributed by atoms with Gasteiger partial charge in [-0.15, -0.1) is 0 Å². The fourth-order valence-corrected chi connectivity index (χ4v) is 5.33. The highest BCUT2D eigenvalue weighted by molar-refractivity contribution is 6.32. The first-order valence-electron chi connectivity index (χ1n) is 12.3. The molecule has 7 heteroatoms. The van der Waals surface area contributed by atoms with Crippen molar-refractivity contribution < 1.29 is 9.53 Å². The van der Waals surface area contributed by atoms with Crippen molar-refractivity contribution in [3.8, 4) is 5.75 Å². The van der Waals surface area contributed by atoms with E-state index in [1.54, 1.807) is 12.0 Å². The number of fused-ring (bicyclic) bond motifs is 2. The quantitative estimate of drug-likeness (QED) is 0.298. The maximum Gasteiger partial charge on any atom is 0.350 e. The number of para-hydroxylation sites is 1. The van der Waals surface area contributed by atoms with Gasteiger partial charge in [0.1, 0.15) is 17.6 Å². The number of aliphatic imine (C=N–C) groups is 2. The van der Waals surface area contributed by atoms with Gasteiger partial charge in [-0.05, 0) is 48.0 Å². The van der Waals surface area contributed by atoms with Crippen LogP contribution < -0.4 is 14.5 Å². The molecule has 0 fully saturated rings. The van der Waals surface area contributed by atoms with E-state index < -0.39 is 12.1 Å². The summed E-state index contributed by atoms with van der Waals surface area (Å²) < 4.78 is 5.41. The molecule has 2 amide bonds. The topological polar surface area (TPSA) is 57.5 Å². The molecule has 4 aromatic carbocycles. The van der Waals surface area contributed by atoms with E-state index >= 15 is 0 Å². The maximum atomic E-state index is 13.7. The number of methoxy groups -OCH3 is 1. The highest BCUT2D eigenvalue weighted by atomic mass is 35.5. The number of amidine groups is 1. The average molecular weight is 521 g/mol. The van der Waals surface area contributed by atoms with Gasteiger partial charge in [0.05, 0.1) is 24.6 Å². The molecule has 0 aliphatic carbocycles. The summed E-state index contributed by atoms with van der Waals surface area (Å²) in [6.45, 7) is 0. The van der Waals surface area contributed by atoms with Crippen LogP contribution in [-0.4, -0.2) is 37.8 Å². The average Bonchev–Trinajstić information content (AvgIpc) is 3.07. The molecule has 6 rings (SSSR count). The van der Waals surface area contributed by atoms with E-state index in [1.165, 1.54) is 0 Å². The van der Waals surface area contributed by atoms with E-state index in [9.17, 15) is 4.79 Å². The first kappa shape index (κ1) is 23.9. The first-order valence-corrected chi connectivity index (χ1v) is 12.7. The summed E-state index contributed by atoms with van der Waals surface area (Å²) in [5, 5.41) is 0.612. The van der Waals surface area contributed by atoms with Crippen molar-refractivity contribution in [2.75, 3.05) is 24.0 Å². The number of anilines is 2. The summed E-state index contributed by atoms with van der Waals surface area (Å²) in [6.07, 6.45) is 0. The number of hydrogen-bond acceptors (Lipinski definition) is 4. The third kappa shape index (κ3) is 4.13. The summed E-state index contributed by atoms with van der Waals surface area (Å²) in [6, 6.07) is 31.9. The van der Waals surface area contributed by atoms with Gasteiger partial charge in [0.25, 0.3) is 0 Å². The minimum Gasteiger partial charge on any atom is -0.497 e. The minimum absolute atomic E-state index is 0.344. The monoisotopic (exact) mass is 520 g/mol. The summed E-state index contributed by atoms with van der Waals surface area (Å²) in [5.41, 5.74) is 5.20. The number of carbonyl (C=O) groups is 1. The van der Waals surface area contributed by atoms with Crippen LogP contribution in [0.2, 0.25) is 5.02 Å². The van der Waals surface area contributed by atoms with E-state index in [2.05, 4.69) is 4.99 Å². The lowest BCUT2D eigenvalue weighted by atomic mass is 9.94. The number of ether oxygens (including phenoxy) is 1. The van der Waals surface area contributed by atoms with E-state index in [1.807, 2.05) is 115 Å². The zero-order valence-electron chi connectivity index (χ0n) is 21.0. The molecule has 0 N–H and O–H groups in total. The fourth-order valence-electron chi connectivity index (χ4n) is 5.16. The van der Waals surface area contributed by atoms with E-state index in [0.29, 0.717) is 10.9 Å². The van der Waals surface area contributed by atoms with Gasteiger partial charge in [-0.1, -0.05) is 72.3 Å². The van der Waals surface area contributed by atoms with Gasteiger partial charge in [-0.2, -0.15) is 4.99 Å². The molecule has 0 bridgehead atoms. The normalized spacial score (nSPS) is 18.7. The lowest BCUT2D eigenvalue weighted by molar-refractivity contribution is 0.250. The van der Waals surface area contributed by atoms with Crippen molar-refractivity contribution >= 4 is 40.6 Å². The van der Waals surface area contributed by atoms with Crippen LogP contribution in [0.3, 0.4) is 0 Å². The van der Waals surface area contributed by atoms with E-state index in [4.69, 9.17) is 21.3 Å². The van der Waals surface area contributed by atoms with Gasteiger partial charge in [0.2, 0.25) is 0 Å². The van der Waals surface area contributed by atoms with Gasteiger partial charge >= 0.3 is 6.03 Å². The number of rotatable bonds is 4. The standard InChI is InChI=1S/C31H25ClN4O2/c1-35-26-18-15-22(32)19-25(26)27(20-9-5-3-6-10-20)33-28-29(21-13-16-24(38-2)17-14-21)36(31(37)34-30(28)35)23-11-7-4-8-12-23/h3-19,28-29H,1-2H3. The Kier molecular flexibility index (Phi) is 6.18. The van der Waals surface area contributed by atoms with Crippen molar-refractivity contribution in [1.29, 1.82) is 0 Å². The van der Waals surface area contributed by atoms with Crippen LogP contribution in [0.15, 0.2) is 113 Å². The van der Waals surface area contributed by atoms with Gasteiger partial charge in [0, 0.05) is 28.9 Å². The summed E-state index contributed by atoms with van der Waals surface area (Å²) in [5.74, 6) is 1.32.